The lowest BCUT2D eigenvalue weighted by atomic mass is 10.0. The predicted molar refractivity (Wildman–Crippen MR) is 102 cm³/mol. The molecule has 9 heteroatoms. The Labute approximate surface area is 162 Å². The van der Waals surface area contributed by atoms with Crippen molar-refractivity contribution in [1.29, 1.82) is 0 Å². The second kappa shape index (κ2) is 6.79. The number of halogens is 2. The van der Waals surface area contributed by atoms with E-state index in [1.54, 1.807) is 29.6 Å². The smallest absolute Gasteiger partial charge is 0.176 e. The van der Waals surface area contributed by atoms with Crippen molar-refractivity contribution < 1.29 is 13.3 Å². The van der Waals surface area contributed by atoms with E-state index in [-0.39, 0.29) is 5.56 Å². The van der Waals surface area contributed by atoms with Crippen molar-refractivity contribution in [1.82, 2.24) is 29.9 Å². The quantitative estimate of drug-likeness (QED) is 0.492. The maximum atomic E-state index is 14.3. The lowest BCUT2D eigenvalue weighted by molar-refractivity contribution is 0.432. The standard InChI is InChI=1S/C20H12F2N6O/c21-17-3-1-2-13(18(17)22)16-9-27-29-19(16)15-8-25-20-14(15)6-12(7-24-20)4-5-28-11-23-10-26-28/h1-11H,(H,24,25). The van der Waals surface area contributed by atoms with Gasteiger partial charge in [-0.2, -0.15) is 5.10 Å². The van der Waals surface area contributed by atoms with E-state index < -0.39 is 11.6 Å². The first-order valence-electron chi connectivity index (χ1n) is 8.59. The minimum atomic E-state index is -0.952. The number of H-pyrrole nitrogens is 1. The predicted octanol–water partition coefficient (Wildman–Crippen LogP) is 4.38. The molecule has 0 aliphatic rings. The molecule has 7 nitrogen and oxygen atoms in total. The van der Waals surface area contributed by atoms with E-state index in [0.29, 0.717) is 22.5 Å². The van der Waals surface area contributed by atoms with Crippen LogP contribution >= 0.6 is 0 Å². The minimum Gasteiger partial charge on any atom is -0.356 e. The van der Waals surface area contributed by atoms with Crippen LogP contribution in [0.3, 0.4) is 0 Å². The molecule has 1 aromatic carbocycles. The molecule has 0 aliphatic heterocycles. The Morgan fingerprint density at radius 1 is 1.10 bits per heavy atom. The van der Waals surface area contributed by atoms with Crippen LogP contribution in [0.2, 0.25) is 0 Å². The van der Waals surface area contributed by atoms with E-state index in [2.05, 4.69) is 25.2 Å². The molecule has 5 aromatic rings. The number of fused-ring (bicyclic) bond motifs is 1. The van der Waals surface area contributed by atoms with Crippen LogP contribution in [0.15, 0.2) is 60.0 Å². The molecule has 29 heavy (non-hydrogen) atoms. The number of pyridine rings is 1. The molecule has 0 unspecified atom stereocenters. The lowest BCUT2D eigenvalue weighted by Gasteiger charge is -2.03. The zero-order valence-corrected chi connectivity index (χ0v) is 14.8. The number of hydrogen-bond acceptors (Lipinski definition) is 5. The van der Waals surface area contributed by atoms with Gasteiger partial charge in [-0.25, -0.2) is 23.4 Å². The molecule has 0 atom stereocenters. The first kappa shape index (κ1) is 17.0. The highest BCUT2D eigenvalue weighted by molar-refractivity contribution is 5.97. The third-order valence-electron chi connectivity index (χ3n) is 4.47. The van der Waals surface area contributed by atoms with Gasteiger partial charge in [0.15, 0.2) is 17.4 Å². The van der Waals surface area contributed by atoms with Crippen LogP contribution in [0.5, 0.6) is 0 Å². The van der Waals surface area contributed by atoms with E-state index in [1.807, 2.05) is 12.1 Å². The summed E-state index contributed by atoms with van der Waals surface area (Å²) in [4.78, 5) is 11.3. The highest BCUT2D eigenvalue weighted by atomic mass is 19.2. The molecule has 0 bridgehead atoms. The fraction of sp³-hybridized carbons (Fsp3) is 0. The summed E-state index contributed by atoms with van der Waals surface area (Å²) in [6, 6.07) is 5.88. The van der Waals surface area contributed by atoms with Gasteiger partial charge in [0, 0.05) is 35.1 Å². The second-order valence-corrected chi connectivity index (χ2v) is 6.23. The Kier molecular flexibility index (Phi) is 3.98. The topological polar surface area (TPSA) is 85.4 Å². The highest BCUT2D eigenvalue weighted by Gasteiger charge is 2.20. The molecule has 4 heterocycles. The van der Waals surface area contributed by atoms with Crippen molar-refractivity contribution in [3.8, 4) is 22.5 Å². The molecule has 4 aromatic heterocycles. The van der Waals surface area contributed by atoms with Crippen LogP contribution in [0.1, 0.15) is 5.56 Å². The third kappa shape index (κ3) is 2.98. The van der Waals surface area contributed by atoms with E-state index >= 15 is 0 Å². The Bertz CT molecular complexity index is 1340. The molecule has 0 amide bonds. The van der Waals surface area contributed by atoms with Crippen LogP contribution in [-0.4, -0.2) is 29.9 Å². The zero-order valence-electron chi connectivity index (χ0n) is 14.8. The summed E-state index contributed by atoms with van der Waals surface area (Å²) in [5.74, 6) is -1.57. The summed E-state index contributed by atoms with van der Waals surface area (Å²) in [5, 5.41) is 8.55. The van der Waals surface area contributed by atoms with Crippen LogP contribution < -0.4 is 0 Å². The van der Waals surface area contributed by atoms with Crippen LogP contribution in [0.25, 0.3) is 45.8 Å². The Morgan fingerprint density at radius 2 is 2.03 bits per heavy atom. The number of hydrogen-bond donors (Lipinski definition) is 1. The van der Waals surface area contributed by atoms with Gasteiger partial charge in [-0.15, -0.1) is 0 Å². The molecule has 1 N–H and O–H groups in total. The summed E-state index contributed by atoms with van der Waals surface area (Å²) in [6.45, 7) is 0. The SMILES string of the molecule is Fc1cccc(-c2cnoc2-c2c[nH]c3ncc(C=Cn4cncn4)cc23)c1F. The van der Waals surface area contributed by atoms with E-state index in [9.17, 15) is 8.78 Å². The van der Waals surface area contributed by atoms with Gasteiger partial charge < -0.3 is 9.51 Å². The molecule has 0 spiro atoms. The summed E-state index contributed by atoms with van der Waals surface area (Å²) in [7, 11) is 0. The molecule has 0 saturated heterocycles. The summed E-state index contributed by atoms with van der Waals surface area (Å²) >= 11 is 0. The van der Waals surface area contributed by atoms with Gasteiger partial charge in [0.1, 0.15) is 18.3 Å². The van der Waals surface area contributed by atoms with E-state index in [1.165, 1.54) is 24.7 Å². The average molecular weight is 390 g/mol. The summed E-state index contributed by atoms with van der Waals surface area (Å²) < 4.78 is 35.0. The number of benzene rings is 1. The maximum absolute atomic E-state index is 14.3. The van der Waals surface area contributed by atoms with Gasteiger partial charge in [-0.3, -0.25) is 0 Å². The fourth-order valence-corrected chi connectivity index (χ4v) is 3.09. The molecular formula is C20H12F2N6O. The number of aromatic amines is 1. The molecule has 0 radical (unpaired) electrons. The first-order chi connectivity index (χ1) is 14.2. The Hall–Kier alpha value is -4.14. The molecule has 5 rings (SSSR count). The largest absolute Gasteiger partial charge is 0.356 e. The van der Waals surface area contributed by atoms with Gasteiger partial charge in [-0.1, -0.05) is 17.3 Å². The van der Waals surface area contributed by atoms with Crippen molar-refractivity contribution in [2.75, 3.05) is 0 Å². The Balaban J connectivity index is 1.61. The van der Waals surface area contributed by atoms with Crippen LogP contribution in [0.4, 0.5) is 8.78 Å². The molecule has 0 aliphatic carbocycles. The second-order valence-electron chi connectivity index (χ2n) is 6.23. The minimum absolute atomic E-state index is 0.0748. The third-order valence-corrected chi connectivity index (χ3v) is 4.47. The monoisotopic (exact) mass is 390 g/mol. The number of nitrogens with one attached hydrogen (secondary N) is 1. The zero-order chi connectivity index (χ0) is 19.8. The average Bonchev–Trinajstić information content (AvgIpc) is 3.48. The van der Waals surface area contributed by atoms with Crippen LogP contribution in [0, 0.1) is 11.6 Å². The van der Waals surface area contributed by atoms with Crippen molar-refractivity contribution in [3.05, 3.63) is 72.7 Å². The van der Waals surface area contributed by atoms with E-state index in [4.69, 9.17) is 4.52 Å². The Morgan fingerprint density at radius 3 is 2.90 bits per heavy atom. The maximum Gasteiger partial charge on any atom is 0.176 e. The summed E-state index contributed by atoms with van der Waals surface area (Å²) in [5.41, 5.74) is 2.50. The van der Waals surface area contributed by atoms with Crippen LogP contribution in [-0.2, 0) is 0 Å². The van der Waals surface area contributed by atoms with Crippen molar-refractivity contribution in [3.63, 3.8) is 0 Å². The lowest BCUT2D eigenvalue weighted by Crippen LogP contribution is -1.89. The summed E-state index contributed by atoms with van der Waals surface area (Å²) in [6.07, 6.45) is 11.3. The molecule has 0 fully saturated rings. The van der Waals surface area contributed by atoms with Crippen molar-refractivity contribution in [2.24, 2.45) is 0 Å². The van der Waals surface area contributed by atoms with Gasteiger partial charge in [-0.05, 0) is 23.8 Å². The number of nitrogens with zero attached hydrogens (tertiary/aromatic N) is 5. The normalized spacial score (nSPS) is 11.7. The van der Waals surface area contributed by atoms with Gasteiger partial charge in [0.05, 0.1) is 11.8 Å². The van der Waals surface area contributed by atoms with Gasteiger partial charge in [0.25, 0.3) is 0 Å². The van der Waals surface area contributed by atoms with Crippen molar-refractivity contribution in [2.45, 2.75) is 0 Å². The highest BCUT2D eigenvalue weighted by Crippen LogP contribution is 2.37. The van der Waals surface area contributed by atoms with Gasteiger partial charge >= 0.3 is 0 Å². The molecule has 0 saturated carbocycles. The van der Waals surface area contributed by atoms with Gasteiger partial charge in [0.2, 0.25) is 0 Å². The van der Waals surface area contributed by atoms with E-state index in [0.717, 1.165) is 17.0 Å². The van der Waals surface area contributed by atoms with Crippen molar-refractivity contribution >= 4 is 23.3 Å². The first-order valence-corrected chi connectivity index (χ1v) is 8.59. The number of rotatable bonds is 4. The molecule has 142 valence electrons. The fourth-order valence-electron chi connectivity index (χ4n) is 3.09. The molecular weight excluding hydrogens is 378 g/mol. The number of aromatic nitrogens is 6.